The summed E-state index contributed by atoms with van der Waals surface area (Å²) < 4.78 is 45.3. The van der Waals surface area contributed by atoms with Gasteiger partial charge >= 0.3 is 0 Å². The molecule has 4 heterocycles. The van der Waals surface area contributed by atoms with Crippen LogP contribution in [0.2, 0.25) is 0 Å². The van der Waals surface area contributed by atoms with Gasteiger partial charge in [-0.3, -0.25) is 9.78 Å². The lowest BCUT2D eigenvalue weighted by molar-refractivity contribution is -0.132. The van der Waals surface area contributed by atoms with Crippen LogP contribution in [-0.2, 0) is 11.2 Å². The van der Waals surface area contributed by atoms with E-state index in [1.807, 2.05) is 17.9 Å². The van der Waals surface area contributed by atoms with Gasteiger partial charge in [0.25, 0.3) is 6.43 Å². The summed E-state index contributed by atoms with van der Waals surface area (Å²) in [6, 6.07) is 6.51. The number of aromatic nitrogens is 3. The minimum Gasteiger partial charge on any atom is -0.481 e. The number of nitrogen functional groups attached to an aromatic ring is 1. The standard InChI is InChI=1S/C28H30F3N5O2/c1-15(19-11-24(38-3)34-14-21(19)29)27(37)36-9-8-28(12-23(28)36)7-6-17-10-20(16(2)35-26(17)32)18-4-5-22(25(30)31)33-13-18/h4-5,10-11,13-15,23,25H,6-9,12H2,1-3H3,(H2,32,35)/t15-,23?,28-/m1/s1. The Hall–Kier alpha value is -3.69. The highest BCUT2D eigenvalue weighted by molar-refractivity contribution is 5.84. The minimum atomic E-state index is -2.62. The summed E-state index contributed by atoms with van der Waals surface area (Å²) in [4.78, 5) is 27.4. The lowest BCUT2D eigenvalue weighted by Gasteiger charge is -2.23. The van der Waals surface area contributed by atoms with Crippen LogP contribution >= 0.6 is 0 Å². The highest BCUT2D eigenvalue weighted by Crippen LogP contribution is 2.60. The Labute approximate surface area is 219 Å². The molecular weight excluding hydrogens is 495 g/mol. The molecule has 38 heavy (non-hydrogen) atoms. The van der Waals surface area contributed by atoms with Gasteiger partial charge < -0.3 is 15.4 Å². The average Bonchev–Trinajstić information content (AvgIpc) is 3.51. The number of hydrogen-bond donors (Lipinski definition) is 1. The Kier molecular flexibility index (Phi) is 6.75. The summed E-state index contributed by atoms with van der Waals surface area (Å²) in [7, 11) is 1.45. The lowest BCUT2D eigenvalue weighted by atomic mass is 9.93. The van der Waals surface area contributed by atoms with Gasteiger partial charge in [-0.25, -0.2) is 23.1 Å². The third kappa shape index (κ3) is 4.68. The van der Waals surface area contributed by atoms with Crippen LogP contribution in [0.4, 0.5) is 19.0 Å². The van der Waals surface area contributed by atoms with Crippen LogP contribution in [0.5, 0.6) is 5.88 Å². The zero-order valence-electron chi connectivity index (χ0n) is 21.5. The minimum absolute atomic E-state index is 0.0157. The van der Waals surface area contributed by atoms with E-state index in [1.165, 1.54) is 25.4 Å². The predicted octanol–water partition coefficient (Wildman–Crippen LogP) is 5.24. The number of carbonyl (C=O) groups excluding carboxylic acids is 1. The molecule has 10 heteroatoms. The van der Waals surface area contributed by atoms with Gasteiger partial charge in [-0.1, -0.05) is 6.07 Å². The fraction of sp³-hybridized carbons (Fsp3) is 0.429. The number of piperidine rings is 1. The summed E-state index contributed by atoms with van der Waals surface area (Å²) in [5.41, 5.74) is 9.37. The molecule has 3 aromatic heterocycles. The molecule has 2 aliphatic rings. The van der Waals surface area contributed by atoms with Crippen LogP contribution in [0, 0.1) is 18.2 Å². The third-order valence-corrected chi connectivity index (χ3v) is 8.10. The van der Waals surface area contributed by atoms with Gasteiger partial charge in [0, 0.05) is 47.2 Å². The largest absolute Gasteiger partial charge is 0.481 e. The highest BCUT2D eigenvalue weighted by Gasteiger charge is 2.61. The molecule has 3 aromatic rings. The number of nitrogens with two attached hydrogens (primary N) is 1. The van der Waals surface area contributed by atoms with Gasteiger partial charge in [-0.15, -0.1) is 0 Å². The maximum absolute atomic E-state index is 14.4. The number of alkyl halides is 2. The molecule has 0 aromatic carbocycles. The van der Waals surface area contributed by atoms with Crippen molar-refractivity contribution in [2.24, 2.45) is 5.41 Å². The topological polar surface area (TPSA) is 94.2 Å². The smallest absolute Gasteiger partial charge is 0.280 e. The Balaban J connectivity index is 1.28. The number of aryl methyl sites for hydroxylation is 2. The molecular formula is C28H30F3N5O2. The Morgan fingerprint density at radius 1 is 1.26 bits per heavy atom. The van der Waals surface area contributed by atoms with E-state index >= 15 is 0 Å². The molecule has 3 atom stereocenters. The van der Waals surface area contributed by atoms with Crippen LogP contribution in [-0.4, -0.2) is 45.5 Å². The molecule has 5 rings (SSSR count). The van der Waals surface area contributed by atoms with Crippen LogP contribution in [0.15, 0.2) is 36.7 Å². The van der Waals surface area contributed by atoms with Crippen LogP contribution < -0.4 is 10.5 Å². The number of hydrogen-bond acceptors (Lipinski definition) is 6. The van der Waals surface area contributed by atoms with Gasteiger partial charge in [-0.05, 0) is 62.6 Å². The van der Waals surface area contributed by atoms with Crippen molar-refractivity contribution in [1.29, 1.82) is 0 Å². The molecule has 7 nitrogen and oxygen atoms in total. The molecule has 0 bridgehead atoms. The van der Waals surface area contributed by atoms with Crippen LogP contribution in [0.25, 0.3) is 11.1 Å². The lowest BCUT2D eigenvalue weighted by Crippen LogP contribution is -2.34. The summed E-state index contributed by atoms with van der Waals surface area (Å²) >= 11 is 0. The number of amides is 1. The zero-order valence-corrected chi connectivity index (χ0v) is 21.5. The van der Waals surface area contributed by atoms with Crippen molar-refractivity contribution in [1.82, 2.24) is 19.9 Å². The maximum atomic E-state index is 14.4. The first-order valence-electron chi connectivity index (χ1n) is 12.6. The fourth-order valence-electron chi connectivity index (χ4n) is 5.69. The van der Waals surface area contributed by atoms with Gasteiger partial charge in [0.1, 0.15) is 17.3 Å². The Morgan fingerprint density at radius 2 is 2.05 bits per heavy atom. The van der Waals surface area contributed by atoms with E-state index in [0.717, 1.165) is 36.6 Å². The molecule has 200 valence electrons. The number of nitrogens with zero attached hydrogens (tertiary/aromatic N) is 4. The normalized spacial score (nSPS) is 20.9. The molecule has 1 aliphatic carbocycles. The predicted molar refractivity (Wildman–Crippen MR) is 136 cm³/mol. The molecule has 1 saturated carbocycles. The van der Waals surface area contributed by atoms with Crippen molar-refractivity contribution in [3.05, 3.63) is 65.0 Å². The molecule has 1 unspecified atom stereocenters. The van der Waals surface area contributed by atoms with E-state index in [9.17, 15) is 18.0 Å². The quantitative estimate of drug-likeness (QED) is 0.432. The first kappa shape index (κ1) is 25.9. The Morgan fingerprint density at radius 3 is 2.71 bits per heavy atom. The third-order valence-electron chi connectivity index (χ3n) is 8.10. The van der Waals surface area contributed by atoms with E-state index in [0.29, 0.717) is 30.0 Å². The second-order valence-electron chi connectivity index (χ2n) is 10.3. The van der Waals surface area contributed by atoms with Gasteiger partial charge in [0.2, 0.25) is 11.8 Å². The van der Waals surface area contributed by atoms with Crippen LogP contribution in [0.3, 0.4) is 0 Å². The van der Waals surface area contributed by atoms with Crippen molar-refractivity contribution in [2.75, 3.05) is 19.4 Å². The van der Waals surface area contributed by atoms with Crippen molar-refractivity contribution in [3.63, 3.8) is 0 Å². The first-order valence-corrected chi connectivity index (χ1v) is 12.6. The van der Waals surface area contributed by atoms with E-state index < -0.39 is 18.2 Å². The zero-order chi connectivity index (χ0) is 27.2. The van der Waals surface area contributed by atoms with Gasteiger partial charge in [-0.2, -0.15) is 0 Å². The van der Waals surface area contributed by atoms with E-state index in [2.05, 4.69) is 15.0 Å². The fourth-order valence-corrected chi connectivity index (χ4v) is 5.69. The monoisotopic (exact) mass is 525 g/mol. The number of rotatable bonds is 8. The average molecular weight is 526 g/mol. The second-order valence-corrected chi connectivity index (χ2v) is 10.3. The molecule has 1 aliphatic heterocycles. The number of pyridine rings is 3. The summed E-state index contributed by atoms with van der Waals surface area (Å²) in [6.45, 7) is 4.17. The number of halogens is 3. The molecule has 1 saturated heterocycles. The van der Waals surface area contributed by atoms with Crippen molar-refractivity contribution in [3.8, 4) is 17.0 Å². The number of fused-ring (bicyclic) bond motifs is 1. The summed E-state index contributed by atoms with van der Waals surface area (Å²) in [6.07, 6.45) is 3.19. The van der Waals surface area contributed by atoms with Crippen molar-refractivity contribution < 1.29 is 22.7 Å². The molecule has 0 spiro atoms. The number of anilines is 1. The Bertz CT molecular complexity index is 1370. The summed E-state index contributed by atoms with van der Waals surface area (Å²) in [5, 5.41) is 0. The second kappa shape index (κ2) is 9.89. The van der Waals surface area contributed by atoms with E-state index in [-0.39, 0.29) is 34.5 Å². The molecule has 2 fully saturated rings. The van der Waals surface area contributed by atoms with Crippen molar-refractivity contribution >= 4 is 11.7 Å². The summed E-state index contributed by atoms with van der Waals surface area (Å²) in [5.74, 6) is -0.552. The first-order chi connectivity index (χ1) is 18.1. The van der Waals surface area contributed by atoms with Gasteiger partial charge in [0.05, 0.1) is 19.2 Å². The number of ether oxygens (including phenoxy) is 1. The number of likely N-dealkylation sites (tertiary alicyclic amines) is 1. The van der Waals surface area contributed by atoms with Gasteiger partial charge in [0.15, 0.2) is 0 Å². The highest BCUT2D eigenvalue weighted by atomic mass is 19.3. The SMILES string of the molecule is COc1cc([C@@H](C)C(=O)N2CC[C@]3(CCc4cc(-c5ccc(C(F)F)nc5)c(C)nc4N)CC23)c(F)cn1. The number of methoxy groups -OCH3 is 1. The van der Waals surface area contributed by atoms with Crippen LogP contribution in [0.1, 0.15) is 61.0 Å². The maximum Gasteiger partial charge on any atom is 0.280 e. The van der Waals surface area contributed by atoms with Crippen molar-refractivity contribution in [2.45, 2.75) is 57.9 Å². The molecule has 1 amide bonds. The number of carbonyl (C=O) groups is 1. The molecule has 0 radical (unpaired) electrons. The molecule has 2 N–H and O–H groups in total. The van der Waals surface area contributed by atoms with E-state index in [1.54, 1.807) is 13.0 Å². The van der Waals surface area contributed by atoms with E-state index in [4.69, 9.17) is 10.5 Å².